The van der Waals surface area contributed by atoms with Crippen molar-refractivity contribution in [2.45, 2.75) is 0 Å². The van der Waals surface area contributed by atoms with Crippen LogP contribution in [0, 0.1) is 17.5 Å². The Bertz CT molecular complexity index is 549. The highest BCUT2D eigenvalue weighted by molar-refractivity contribution is 6.07. The first-order chi connectivity index (χ1) is 8.09. The SMILES string of the molecule is O=C(c1cnccn1)c1c(F)cc(F)cc1F. The van der Waals surface area contributed by atoms with Crippen molar-refractivity contribution in [2.75, 3.05) is 0 Å². The van der Waals surface area contributed by atoms with E-state index in [1.54, 1.807) is 0 Å². The van der Waals surface area contributed by atoms with Gasteiger partial charge in [-0.25, -0.2) is 18.2 Å². The minimum absolute atomic E-state index is 0.211. The van der Waals surface area contributed by atoms with E-state index in [-0.39, 0.29) is 5.69 Å². The fraction of sp³-hybridized carbons (Fsp3) is 0. The van der Waals surface area contributed by atoms with E-state index in [2.05, 4.69) is 9.97 Å². The molecular weight excluding hydrogens is 233 g/mol. The summed E-state index contributed by atoms with van der Waals surface area (Å²) >= 11 is 0. The molecular formula is C11H5F3N2O. The number of halogens is 3. The maximum atomic E-state index is 13.3. The van der Waals surface area contributed by atoms with Crippen molar-refractivity contribution in [3.8, 4) is 0 Å². The summed E-state index contributed by atoms with van der Waals surface area (Å²) in [5, 5.41) is 0. The van der Waals surface area contributed by atoms with E-state index < -0.39 is 28.8 Å². The van der Waals surface area contributed by atoms with Gasteiger partial charge in [0.15, 0.2) is 0 Å². The molecule has 0 unspecified atom stereocenters. The van der Waals surface area contributed by atoms with Gasteiger partial charge < -0.3 is 0 Å². The zero-order valence-electron chi connectivity index (χ0n) is 8.32. The molecule has 0 fully saturated rings. The predicted octanol–water partition coefficient (Wildman–Crippen LogP) is 2.12. The summed E-state index contributed by atoms with van der Waals surface area (Å²) in [5.41, 5.74) is -1.05. The second kappa shape index (κ2) is 4.32. The normalized spacial score (nSPS) is 10.3. The van der Waals surface area contributed by atoms with Crippen molar-refractivity contribution < 1.29 is 18.0 Å². The fourth-order valence-corrected chi connectivity index (χ4v) is 1.30. The van der Waals surface area contributed by atoms with Crippen LogP contribution >= 0.6 is 0 Å². The van der Waals surface area contributed by atoms with Crippen LogP contribution in [0.5, 0.6) is 0 Å². The Morgan fingerprint density at radius 1 is 1.06 bits per heavy atom. The van der Waals surface area contributed by atoms with Crippen molar-refractivity contribution in [3.05, 3.63) is 59.4 Å². The van der Waals surface area contributed by atoms with Crippen molar-refractivity contribution in [1.82, 2.24) is 9.97 Å². The Kier molecular flexibility index (Phi) is 2.86. The lowest BCUT2D eigenvalue weighted by atomic mass is 10.1. The summed E-state index contributed by atoms with van der Waals surface area (Å²) in [6, 6.07) is 0.874. The van der Waals surface area contributed by atoms with E-state index in [0.29, 0.717) is 12.1 Å². The van der Waals surface area contributed by atoms with Crippen molar-refractivity contribution in [1.29, 1.82) is 0 Å². The molecule has 1 aromatic carbocycles. The van der Waals surface area contributed by atoms with Gasteiger partial charge in [-0.1, -0.05) is 0 Å². The summed E-state index contributed by atoms with van der Waals surface area (Å²) in [4.78, 5) is 18.9. The van der Waals surface area contributed by atoms with E-state index in [1.807, 2.05) is 0 Å². The van der Waals surface area contributed by atoms with Gasteiger partial charge in [-0.3, -0.25) is 9.78 Å². The van der Waals surface area contributed by atoms with Crippen molar-refractivity contribution in [2.24, 2.45) is 0 Å². The largest absolute Gasteiger partial charge is 0.287 e. The molecule has 3 nitrogen and oxygen atoms in total. The van der Waals surface area contributed by atoms with E-state index in [0.717, 1.165) is 6.20 Å². The number of hydrogen-bond donors (Lipinski definition) is 0. The average Bonchev–Trinajstić information content (AvgIpc) is 2.28. The third kappa shape index (κ3) is 2.15. The summed E-state index contributed by atoms with van der Waals surface area (Å²) < 4.78 is 39.3. The zero-order valence-corrected chi connectivity index (χ0v) is 8.32. The summed E-state index contributed by atoms with van der Waals surface area (Å²) in [5.74, 6) is -4.60. The quantitative estimate of drug-likeness (QED) is 0.752. The molecule has 1 aromatic heterocycles. The first-order valence-corrected chi connectivity index (χ1v) is 4.55. The molecule has 2 aromatic rings. The van der Waals surface area contributed by atoms with Crippen LogP contribution in [-0.4, -0.2) is 15.8 Å². The zero-order chi connectivity index (χ0) is 12.4. The van der Waals surface area contributed by atoms with Gasteiger partial charge in [0.25, 0.3) is 0 Å². The topological polar surface area (TPSA) is 42.9 Å². The molecule has 0 N–H and O–H groups in total. The second-order valence-electron chi connectivity index (χ2n) is 3.16. The Hall–Kier alpha value is -2.24. The Morgan fingerprint density at radius 2 is 1.71 bits per heavy atom. The van der Waals surface area contributed by atoms with Crippen molar-refractivity contribution in [3.63, 3.8) is 0 Å². The lowest BCUT2D eigenvalue weighted by molar-refractivity contribution is 0.102. The van der Waals surface area contributed by atoms with Crippen LogP contribution < -0.4 is 0 Å². The smallest absolute Gasteiger partial charge is 0.218 e. The fourth-order valence-electron chi connectivity index (χ4n) is 1.30. The van der Waals surface area contributed by atoms with E-state index in [9.17, 15) is 18.0 Å². The Balaban J connectivity index is 2.52. The third-order valence-corrected chi connectivity index (χ3v) is 2.03. The van der Waals surface area contributed by atoms with Gasteiger partial charge in [0.2, 0.25) is 5.78 Å². The van der Waals surface area contributed by atoms with Crippen LogP contribution in [0.4, 0.5) is 13.2 Å². The van der Waals surface area contributed by atoms with Crippen LogP contribution in [0.25, 0.3) is 0 Å². The van der Waals surface area contributed by atoms with Crippen LogP contribution in [-0.2, 0) is 0 Å². The first-order valence-electron chi connectivity index (χ1n) is 4.55. The Morgan fingerprint density at radius 3 is 2.24 bits per heavy atom. The monoisotopic (exact) mass is 238 g/mol. The Labute approximate surface area is 94.0 Å². The second-order valence-corrected chi connectivity index (χ2v) is 3.16. The van der Waals surface area contributed by atoms with Gasteiger partial charge in [0.1, 0.15) is 23.1 Å². The summed E-state index contributed by atoms with van der Waals surface area (Å²) in [7, 11) is 0. The molecule has 1 heterocycles. The van der Waals surface area contributed by atoms with Crippen LogP contribution in [0.15, 0.2) is 30.7 Å². The van der Waals surface area contributed by atoms with Crippen molar-refractivity contribution >= 4 is 5.78 Å². The molecule has 86 valence electrons. The lowest BCUT2D eigenvalue weighted by Crippen LogP contribution is -2.10. The third-order valence-electron chi connectivity index (χ3n) is 2.03. The van der Waals surface area contributed by atoms with Gasteiger partial charge in [0.05, 0.1) is 11.8 Å². The minimum Gasteiger partial charge on any atom is -0.287 e. The minimum atomic E-state index is -1.27. The van der Waals surface area contributed by atoms with Crippen LogP contribution in [0.3, 0.4) is 0 Å². The molecule has 6 heteroatoms. The highest BCUT2D eigenvalue weighted by Gasteiger charge is 2.21. The molecule has 0 aliphatic rings. The summed E-state index contributed by atoms with van der Waals surface area (Å²) in [6.07, 6.45) is 3.60. The predicted molar refractivity (Wildman–Crippen MR) is 51.8 cm³/mol. The van der Waals surface area contributed by atoms with Crippen LogP contribution in [0.1, 0.15) is 16.1 Å². The van der Waals surface area contributed by atoms with Gasteiger partial charge in [-0.15, -0.1) is 0 Å². The molecule has 0 saturated carbocycles. The van der Waals surface area contributed by atoms with Gasteiger partial charge >= 0.3 is 0 Å². The molecule has 0 atom stereocenters. The molecule has 0 amide bonds. The molecule has 0 spiro atoms. The van der Waals surface area contributed by atoms with Gasteiger partial charge in [-0.2, -0.15) is 0 Å². The molecule has 0 radical (unpaired) electrons. The number of hydrogen-bond acceptors (Lipinski definition) is 3. The molecule has 2 rings (SSSR count). The number of benzene rings is 1. The average molecular weight is 238 g/mol. The maximum Gasteiger partial charge on any atom is 0.218 e. The van der Waals surface area contributed by atoms with Gasteiger partial charge in [0, 0.05) is 24.5 Å². The van der Waals surface area contributed by atoms with E-state index in [1.165, 1.54) is 12.4 Å². The highest BCUT2D eigenvalue weighted by Crippen LogP contribution is 2.17. The lowest BCUT2D eigenvalue weighted by Gasteiger charge is -2.03. The van der Waals surface area contributed by atoms with Crippen LogP contribution in [0.2, 0.25) is 0 Å². The number of ketones is 1. The molecule has 0 saturated heterocycles. The van der Waals surface area contributed by atoms with Gasteiger partial charge in [-0.05, 0) is 0 Å². The number of rotatable bonds is 2. The van der Waals surface area contributed by atoms with E-state index in [4.69, 9.17) is 0 Å². The number of carbonyl (C=O) groups is 1. The highest BCUT2D eigenvalue weighted by atomic mass is 19.1. The number of carbonyl (C=O) groups excluding carboxylic acids is 1. The summed E-state index contributed by atoms with van der Waals surface area (Å²) in [6.45, 7) is 0. The number of aromatic nitrogens is 2. The molecule has 0 bridgehead atoms. The number of nitrogens with zero attached hydrogens (tertiary/aromatic N) is 2. The maximum absolute atomic E-state index is 13.3. The first kappa shape index (κ1) is 11.3. The van der Waals surface area contributed by atoms with E-state index >= 15 is 0 Å². The standard InChI is InChI=1S/C11H5F3N2O/c12-6-3-7(13)10(8(14)4-6)11(17)9-5-15-1-2-16-9/h1-5H. The molecule has 17 heavy (non-hydrogen) atoms. The molecule has 0 aliphatic carbocycles. The molecule has 0 aliphatic heterocycles.